The fourth-order valence-electron chi connectivity index (χ4n) is 1.14. The Morgan fingerprint density at radius 1 is 1.64 bits per heavy atom. The van der Waals surface area contributed by atoms with Gasteiger partial charge in [-0.05, 0) is 35.2 Å². The van der Waals surface area contributed by atoms with Crippen molar-refractivity contribution in [2.24, 2.45) is 0 Å². The molecule has 0 aliphatic rings. The molecule has 0 saturated carbocycles. The monoisotopic (exact) mass is 308 g/mol. The van der Waals surface area contributed by atoms with Crippen LogP contribution in [0.2, 0.25) is 0 Å². The van der Waals surface area contributed by atoms with Crippen LogP contribution in [-0.2, 0) is 6.54 Å². The lowest BCUT2D eigenvalue weighted by Gasteiger charge is -2.15. The Hall–Kier alpha value is -0.400. The van der Waals surface area contributed by atoms with Crippen molar-refractivity contribution in [1.29, 1.82) is 0 Å². The predicted molar refractivity (Wildman–Crippen MR) is 63.2 cm³/mol. The molecule has 2 N–H and O–H groups in total. The minimum absolute atomic E-state index is 0.0806. The van der Waals surface area contributed by atoms with Gasteiger partial charge in [0.05, 0.1) is 6.61 Å². The summed E-state index contributed by atoms with van der Waals surface area (Å²) in [4.78, 5) is 15.6. The number of rotatable bonds is 4. The Labute approximate surface area is 96.1 Å². The summed E-state index contributed by atoms with van der Waals surface area (Å²) >= 11 is 2.14. The molecule has 0 atom stereocenters. The number of pyridine rings is 1. The smallest absolute Gasteiger partial charge is 0.248 e. The zero-order valence-electron chi connectivity index (χ0n) is 7.96. The van der Waals surface area contributed by atoms with Crippen molar-refractivity contribution in [3.63, 3.8) is 0 Å². The van der Waals surface area contributed by atoms with Crippen LogP contribution in [0.15, 0.2) is 17.1 Å². The Morgan fingerprint density at radius 3 is 2.93 bits per heavy atom. The summed E-state index contributed by atoms with van der Waals surface area (Å²) in [6.07, 6.45) is 1.72. The van der Waals surface area contributed by atoms with Crippen molar-refractivity contribution in [3.8, 4) is 0 Å². The van der Waals surface area contributed by atoms with Gasteiger partial charge in [-0.1, -0.05) is 0 Å². The van der Waals surface area contributed by atoms with Crippen LogP contribution >= 0.6 is 22.6 Å². The lowest BCUT2D eigenvalue weighted by atomic mass is 10.3. The molecule has 0 aromatic carbocycles. The molecule has 1 rings (SSSR count). The molecule has 0 aliphatic carbocycles. The second-order valence-corrected chi connectivity index (χ2v) is 4.29. The molecule has 0 aliphatic heterocycles. The van der Waals surface area contributed by atoms with E-state index in [4.69, 9.17) is 5.11 Å². The SMILES string of the molecule is CN(CCO)Cc1c[nH]c(=O)cc1I. The Kier molecular flexibility index (Phi) is 4.56. The van der Waals surface area contributed by atoms with Gasteiger partial charge in [-0.15, -0.1) is 0 Å². The van der Waals surface area contributed by atoms with Crippen LogP contribution in [0, 0.1) is 3.57 Å². The molecular weight excluding hydrogens is 295 g/mol. The van der Waals surface area contributed by atoms with Crippen molar-refractivity contribution in [2.75, 3.05) is 20.2 Å². The molecule has 0 spiro atoms. The average Bonchev–Trinajstić information content (AvgIpc) is 2.10. The largest absolute Gasteiger partial charge is 0.395 e. The first kappa shape index (κ1) is 11.7. The number of likely N-dealkylation sites (N-methyl/N-ethyl adjacent to an activating group) is 1. The third-order valence-corrected chi connectivity index (χ3v) is 2.88. The highest BCUT2D eigenvalue weighted by molar-refractivity contribution is 14.1. The summed E-state index contributed by atoms with van der Waals surface area (Å²) in [6.45, 7) is 1.52. The number of nitrogens with one attached hydrogen (secondary N) is 1. The van der Waals surface area contributed by atoms with E-state index in [2.05, 4.69) is 27.6 Å². The second kappa shape index (κ2) is 5.47. The average molecular weight is 308 g/mol. The highest BCUT2D eigenvalue weighted by Gasteiger charge is 2.03. The highest BCUT2D eigenvalue weighted by atomic mass is 127. The van der Waals surface area contributed by atoms with Crippen LogP contribution in [0.4, 0.5) is 0 Å². The zero-order valence-corrected chi connectivity index (χ0v) is 10.1. The number of halogens is 1. The normalized spacial score (nSPS) is 10.9. The zero-order chi connectivity index (χ0) is 10.6. The molecule has 0 saturated heterocycles. The molecule has 0 unspecified atom stereocenters. The third-order valence-electron chi connectivity index (χ3n) is 1.88. The fourth-order valence-corrected chi connectivity index (χ4v) is 1.75. The number of hydrogen-bond donors (Lipinski definition) is 2. The van der Waals surface area contributed by atoms with E-state index in [0.29, 0.717) is 6.54 Å². The molecule has 1 heterocycles. The standard InChI is InChI=1S/C9H13IN2O2/c1-12(2-3-13)6-7-5-11-9(14)4-8(7)10/h4-5,13H,2-3,6H2,1H3,(H,11,14). The number of nitrogens with zero attached hydrogens (tertiary/aromatic N) is 1. The van der Waals surface area contributed by atoms with E-state index in [1.807, 2.05) is 11.9 Å². The summed E-state index contributed by atoms with van der Waals surface area (Å²) < 4.78 is 0.955. The van der Waals surface area contributed by atoms with Gasteiger partial charge in [-0.3, -0.25) is 9.69 Å². The van der Waals surface area contributed by atoms with Crippen LogP contribution in [0.5, 0.6) is 0 Å². The van der Waals surface area contributed by atoms with Gasteiger partial charge in [0.1, 0.15) is 0 Å². The summed E-state index contributed by atoms with van der Waals surface area (Å²) in [5.74, 6) is 0. The number of hydrogen-bond acceptors (Lipinski definition) is 3. The van der Waals surface area contributed by atoms with E-state index in [1.165, 1.54) is 0 Å². The van der Waals surface area contributed by atoms with Crippen molar-refractivity contribution in [3.05, 3.63) is 31.8 Å². The first-order valence-electron chi connectivity index (χ1n) is 4.30. The van der Waals surface area contributed by atoms with Gasteiger partial charge in [0.25, 0.3) is 0 Å². The van der Waals surface area contributed by atoms with E-state index in [0.717, 1.165) is 15.7 Å². The van der Waals surface area contributed by atoms with Crippen molar-refractivity contribution in [2.45, 2.75) is 6.54 Å². The van der Waals surface area contributed by atoms with Crippen molar-refractivity contribution >= 4 is 22.6 Å². The van der Waals surface area contributed by atoms with E-state index >= 15 is 0 Å². The van der Waals surface area contributed by atoms with Gasteiger partial charge < -0.3 is 10.1 Å². The molecule has 0 radical (unpaired) electrons. The Balaban J connectivity index is 2.72. The first-order chi connectivity index (χ1) is 6.63. The van der Waals surface area contributed by atoms with E-state index in [9.17, 15) is 4.79 Å². The van der Waals surface area contributed by atoms with Crippen molar-refractivity contribution in [1.82, 2.24) is 9.88 Å². The minimum Gasteiger partial charge on any atom is -0.395 e. The lowest BCUT2D eigenvalue weighted by Crippen LogP contribution is -2.22. The summed E-state index contributed by atoms with van der Waals surface area (Å²) in [7, 11) is 1.93. The van der Waals surface area contributed by atoms with Gasteiger partial charge in [0.2, 0.25) is 5.56 Å². The van der Waals surface area contributed by atoms with Crippen LogP contribution in [-0.4, -0.2) is 35.2 Å². The van der Waals surface area contributed by atoms with E-state index in [1.54, 1.807) is 12.3 Å². The minimum atomic E-state index is -0.0806. The number of aliphatic hydroxyl groups is 1. The van der Waals surface area contributed by atoms with Crippen LogP contribution in [0.3, 0.4) is 0 Å². The molecule has 4 nitrogen and oxygen atoms in total. The Morgan fingerprint density at radius 2 is 2.36 bits per heavy atom. The molecule has 78 valence electrons. The topological polar surface area (TPSA) is 56.3 Å². The summed E-state index contributed by atoms with van der Waals surface area (Å²) in [6, 6.07) is 1.57. The molecule has 0 amide bonds. The highest BCUT2D eigenvalue weighted by Crippen LogP contribution is 2.09. The maximum atomic E-state index is 10.9. The molecule has 1 aromatic heterocycles. The second-order valence-electron chi connectivity index (χ2n) is 3.13. The lowest BCUT2D eigenvalue weighted by molar-refractivity contribution is 0.217. The number of H-pyrrole nitrogens is 1. The Bertz CT molecular complexity index is 351. The van der Waals surface area contributed by atoms with Gasteiger partial charge in [-0.2, -0.15) is 0 Å². The van der Waals surface area contributed by atoms with Crippen LogP contribution in [0.1, 0.15) is 5.56 Å². The van der Waals surface area contributed by atoms with Gasteiger partial charge in [0.15, 0.2) is 0 Å². The third kappa shape index (κ3) is 3.39. The molecule has 1 aromatic rings. The molecular formula is C9H13IN2O2. The van der Waals surface area contributed by atoms with Crippen LogP contribution in [0.25, 0.3) is 0 Å². The number of aliphatic hydroxyl groups excluding tert-OH is 1. The number of aromatic amines is 1. The molecule has 14 heavy (non-hydrogen) atoms. The maximum Gasteiger partial charge on any atom is 0.248 e. The predicted octanol–water partition coefficient (Wildman–Crippen LogP) is 0.404. The van der Waals surface area contributed by atoms with Crippen LogP contribution < -0.4 is 5.56 Å². The maximum absolute atomic E-state index is 10.9. The van der Waals surface area contributed by atoms with E-state index < -0.39 is 0 Å². The van der Waals surface area contributed by atoms with E-state index in [-0.39, 0.29) is 12.2 Å². The van der Waals surface area contributed by atoms with Gasteiger partial charge in [0, 0.05) is 28.9 Å². The molecule has 0 bridgehead atoms. The van der Waals surface area contributed by atoms with Gasteiger partial charge >= 0.3 is 0 Å². The molecule has 0 fully saturated rings. The fraction of sp³-hybridized carbons (Fsp3) is 0.444. The summed E-state index contributed by atoms with van der Waals surface area (Å²) in [5.41, 5.74) is 0.990. The number of aromatic nitrogens is 1. The molecule has 5 heteroatoms. The van der Waals surface area contributed by atoms with Gasteiger partial charge in [-0.25, -0.2) is 0 Å². The first-order valence-corrected chi connectivity index (χ1v) is 5.38. The summed E-state index contributed by atoms with van der Waals surface area (Å²) in [5, 5.41) is 8.73. The quantitative estimate of drug-likeness (QED) is 0.792. The van der Waals surface area contributed by atoms with Crippen molar-refractivity contribution < 1.29 is 5.11 Å².